The molecule has 0 radical (unpaired) electrons. The van der Waals surface area contributed by atoms with Crippen LogP contribution in [-0.4, -0.2) is 7.05 Å². The zero-order chi connectivity index (χ0) is 12.3. The Balaban J connectivity index is 2.31. The maximum Gasteiger partial charge on any atom is 0.101 e. The molecule has 0 amide bonds. The van der Waals surface area contributed by atoms with Gasteiger partial charge in [0.15, 0.2) is 0 Å². The van der Waals surface area contributed by atoms with Crippen LogP contribution in [-0.2, 0) is 0 Å². The Morgan fingerprint density at radius 3 is 2.65 bits per heavy atom. The number of benzene rings is 1. The van der Waals surface area contributed by atoms with Crippen molar-refractivity contribution in [2.24, 2.45) is 0 Å². The highest BCUT2D eigenvalue weighted by atomic mass is 32.1. The molecule has 0 bridgehead atoms. The van der Waals surface area contributed by atoms with Gasteiger partial charge in [-0.05, 0) is 30.5 Å². The van der Waals surface area contributed by atoms with Gasteiger partial charge in [0, 0.05) is 11.9 Å². The van der Waals surface area contributed by atoms with Crippen molar-refractivity contribution in [1.82, 2.24) is 0 Å². The summed E-state index contributed by atoms with van der Waals surface area (Å²) in [6.07, 6.45) is 0. The minimum atomic E-state index is 0.282. The van der Waals surface area contributed by atoms with Crippen LogP contribution >= 0.6 is 11.3 Å². The number of para-hydroxylation sites is 1. The lowest BCUT2D eigenvalue weighted by Gasteiger charge is -2.27. The van der Waals surface area contributed by atoms with E-state index in [1.807, 2.05) is 31.3 Å². The highest BCUT2D eigenvalue weighted by Crippen LogP contribution is 2.29. The van der Waals surface area contributed by atoms with Crippen LogP contribution in [0.1, 0.15) is 23.4 Å². The second kappa shape index (κ2) is 5.03. The summed E-state index contributed by atoms with van der Waals surface area (Å²) in [5.41, 5.74) is 1.70. The van der Waals surface area contributed by atoms with Crippen molar-refractivity contribution in [3.05, 3.63) is 52.2 Å². The lowest BCUT2D eigenvalue weighted by Crippen LogP contribution is -2.21. The summed E-state index contributed by atoms with van der Waals surface area (Å²) < 4.78 is 0. The molecular formula is C14H14N2S. The molecule has 1 atom stereocenters. The van der Waals surface area contributed by atoms with Crippen LogP contribution in [0, 0.1) is 11.3 Å². The quantitative estimate of drug-likeness (QED) is 0.818. The predicted octanol–water partition coefficient (Wildman–Crippen LogP) is 3.82. The smallest absolute Gasteiger partial charge is 0.101 e. The molecule has 86 valence electrons. The highest BCUT2D eigenvalue weighted by Gasteiger charge is 2.15. The topological polar surface area (TPSA) is 27.0 Å². The molecule has 2 rings (SSSR count). The fourth-order valence-corrected chi connectivity index (χ4v) is 2.63. The van der Waals surface area contributed by atoms with Crippen molar-refractivity contribution < 1.29 is 0 Å². The molecule has 0 N–H and O–H groups in total. The van der Waals surface area contributed by atoms with E-state index in [0.29, 0.717) is 0 Å². The molecule has 1 aromatic heterocycles. The Morgan fingerprint density at radius 1 is 1.24 bits per heavy atom. The number of nitrogens with zero attached hydrogens (tertiary/aromatic N) is 2. The summed E-state index contributed by atoms with van der Waals surface area (Å²) in [6.45, 7) is 2.15. The first kappa shape index (κ1) is 11.7. The fourth-order valence-electron chi connectivity index (χ4n) is 1.80. The Hall–Kier alpha value is -1.79. The molecule has 0 aliphatic carbocycles. The van der Waals surface area contributed by atoms with Crippen LogP contribution in [0.15, 0.2) is 41.8 Å². The standard InChI is InChI=1S/C14H14N2S/c1-11(14-8-5-9-17-14)16(2)13-7-4-3-6-12(13)10-15/h3-9,11H,1-2H3. The molecule has 3 heteroatoms. The molecule has 1 aromatic carbocycles. The van der Waals surface area contributed by atoms with Crippen molar-refractivity contribution in [1.29, 1.82) is 5.26 Å². The molecule has 0 saturated carbocycles. The van der Waals surface area contributed by atoms with E-state index >= 15 is 0 Å². The molecular weight excluding hydrogens is 228 g/mol. The van der Waals surface area contributed by atoms with Crippen LogP contribution in [0.4, 0.5) is 5.69 Å². The summed E-state index contributed by atoms with van der Waals surface area (Å²) in [4.78, 5) is 3.45. The molecule has 0 spiro atoms. The van der Waals surface area contributed by atoms with E-state index in [0.717, 1.165) is 11.3 Å². The normalized spacial score (nSPS) is 11.8. The van der Waals surface area contributed by atoms with E-state index in [2.05, 4.69) is 35.4 Å². The average Bonchev–Trinajstić information content (AvgIpc) is 2.90. The molecule has 2 nitrogen and oxygen atoms in total. The van der Waals surface area contributed by atoms with Crippen LogP contribution < -0.4 is 4.90 Å². The van der Waals surface area contributed by atoms with Gasteiger partial charge in [-0.15, -0.1) is 11.3 Å². The number of hydrogen-bond acceptors (Lipinski definition) is 3. The van der Waals surface area contributed by atoms with Gasteiger partial charge in [0.05, 0.1) is 17.3 Å². The van der Waals surface area contributed by atoms with Crippen molar-refractivity contribution >= 4 is 17.0 Å². The lowest BCUT2D eigenvalue weighted by atomic mass is 10.1. The van der Waals surface area contributed by atoms with Crippen molar-refractivity contribution in [3.63, 3.8) is 0 Å². The van der Waals surface area contributed by atoms with Gasteiger partial charge in [-0.25, -0.2) is 0 Å². The maximum absolute atomic E-state index is 9.11. The molecule has 0 aliphatic heterocycles. The van der Waals surface area contributed by atoms with Gasteiger partial charge in [0.25, 0.3) is 0 Å². The summed E-state index contributed by atoms with van der Waals surface area (Å²) in [7, 11) is 2.03. The minimum Gasteiger partial charge on any atom is -0.366 e. The van der Waals surface area contributed by atoms with Crippen molar-refractivity contribution in [3.8, 4) is 6.07 Å². The van der Waals surface area contributed by atoms with E-state index in [-0.39, 0.29) is 6.04 Å². The highest BCUT2D eigenvalue weighted by molar-refractivity contribution is 7.10. The van der Waals surface area contributed by atoms with Gasteiger partial charge in [0.1, 0.15) is 6.07 Å². The maximum atomic E-state index is 9.11. The molecule has 0 fully saturated rings. The van der Waals surface area contributed by atoms with Crippen LogP contribution in [0.5, 0.6) is 0 Å². The van der Waals surface area contributed by atoms with E-state index in [1.54, 1.807) is 11.3 Å². The number of anilines is 1. The lowest BCUT2D eigenvalue weighted by molar-refractivity contribution is 0.753. The van der Waals surface area contributed by atoms with Crippen molar-refractivity contribution in [2.75, 3.05) is 11.9 Å². The molecule has 2 aromatic rings. The van der Waals surface area contributed by atoms with Gasteiger partial charge in [-0.3, -0.25) is 0 Å². The summed E-state index contributed by atoms with van der Waals surface area (Å²) in [6, 6.07) is 14.4. The first-order valence-electron chi connectivity index (χ1n) is 5.49. The third-order valence-corrected chi connectivity index (χ3v) is 3.98. The summed E-state index contributed by atoms with van der Waals surface area (Å²) in [5.74, 6) is 0. The molecule has 0 saturated heterocycles. The van der Waals surface area contributed by atoms with E-state index in [1.165, 1.54) is 4.88 Å². The van der Waals surface area contributed by atoms with Gasteiger partial charge in [-0.1, -0.05) is 18.2 Å². The molecule has 1 unspecified atom stereocenters. The summed E-state index contributed by atoms with van der Waals surface area (Å²) in [5, 5.41) is 11.2. The van der Waals surface area contributed by atoms with Gasteiger partial charge >= 0.3 is 0 Å². The number of hydrogen-bond donors (Lipinski definition) is 0. The van der Waals surface area contributed by atoms with E-state index in [9.17, 15) is 0 Å². The van der Waals surface area contributed by atoms with Crippen LogP contribution in [0.2, 0.25) is 0 Å². The number of rotatable bonds is 3. The molecule has 17 heavy (non-hydrogen) atoms. The van der Waals surface area contributed by atoms with Crippen LogP contribution in [0.25, 0.3) is 0 Å². The second-order valence-corrected chi connectivity index (χ2v) is 4.91. The predicted molar refractivity (Wildman–Crippen MR) is 72.3 cm³/mol. The number of nitriles is 1. The first-order chi connectivity index (χ1) is 8.24. The largest absolute Gasteiger partial charge is 0.366 e. The third-order valence-electron chi connectivity index (χ3n) is 2.94. The van der Waals surface area contributed by atoms with Gasteiger partial charge < -0.3 is 4.90 Å². The van der Waals surface area contributed by atoms with Crippen molar-refractivity contribution in [2.45, 2.75) is 13.0 Å². The zero-order valence-electron chi connectivity index (χ0n) is 9.92. The second-order valence-electron chi connectivity index (χ2n) is 3.93. The minimum absolute atomic E-state index is 0.282. The average molecular weight is 242 g/mol. The third kappa shape index (κ3) is 2.32. The van der Waals surface area contributed by atoms with Gasteiger partial charge in [0.2, 0.25) is 0 Å². The van der Waals surface area contributed by atoms with E-state index < -0.39 is 0 Å². The Morgan fingerprint density at radius 2 is 2.00 bits per heavy atom. The summed E-state index contributed by atoms with van der Waals surface area (Å²) >= 11 is 1.74. The first-order valence-corrected chi connectivity index (χ1v) is 6.37. The SMILES string of the molecule is CC(c1cccs1)N(C)c1ccccc1C#N. The Labute approximate surface area is 106 Å². The Bertz CT molecular complexity index is 525. The Kier molecular flexibility index (Phi) is 3.46. The monoisotopic (exact) mass is 242 g/mol. The van der Waals surface area contributed by atoms with E-state index in [4.69, 9.17) is 5.26 Å². The fraction of sp³-hybridized carbons (Fsp3) is 0.214. The zero-order valence-corrected chi connectivity index (χ0v) is 10.7. The number of thiophene rings is 1. The van der Waals surface area contributed by atoms with Gasteiger partial charge in [-0.2, -0.15) is 5.26 Å². The van der Waals surface area contributed by atoms with Crippen LogP contribution in [0.3, 0.4) is 0 Å². The molecule has 1 heterocycles. The molecule has 0 aliphatic rings.